The van der Waals surface area contributed by atoms with Crippen LogP contribution in [0.1, 0.15) is 30.0 Å². The molecule has 1 saturated heterocycles. The first-order valence-electron chi connectivity index (χ1n) is 8.83. The van der Waals surface area contributed by atoms with Crippen molar-refractivity contribution in [3.8, 4) is 5.69 Å². The maximum absolute atomic E-state index is 13.4. The van der Waals surface area contributed by atoms with Crippen molar-refractivity contribution in [3.63, 3.8) is 0 Å². The lowest BCUT2D eigenvalue weighted by atomic mass is 9.89. The molecular weight excluding hydrogens is 334 g/mol. The van der Waals surface area contributed by atoms with Gasteiger partial charge in [-0.15, -0.1) is 5.10 Å². The standard InChI is InChI=1S/C20H20F2N4/c21-19-7-6-18(12-20(19)22)26-14-17(23-24-26)13-25-10-8-16(9-11-25)15-4-2-1-3-5-15/h1-7,12,14,16H,8-11,13H2. The molecule has 2 aromatic carbocycles. The average Bonchev–Trinajstić information content (AvgIpc) is 3.14. The third-order valence-corrected chi connectivity index (χ3v) is 4.95. The molecule has 0 amide bonds. The molecule has 0 unspecified atom stereocenters. The van der Waals surface area contributed by atoms with Gasteiger partial charge in [0.1, 0.15) is 0 Å². The number of hydrogen-bond donors (Lipinski definition) is 0. The van der Waals surface area contributed by atoms with Crippen molar-refractivity contribution in [2.24, 2.45) is 0 Å². The van der Waals surface area contributed by atoms with Crippen LogP contribution in [0.4, 0.5) is 8.78 Å². The summed E-state index contributed by atoms with van der Waals surface area (Å²) < 4.78 is 27.9. The molecule has 6 heteroatoms. The van der Waals surface area contributed by atoms with Gasteiger partial charge in [0.05, 0.1) is 17.6 Å². The third kappa shape index (κ3) is 3.65. The summed E-state index contributed by atoms with van der Waals surface area (Å²) in [7, 11) is 0. The second-order valence-electron chi connectivity index (χ2n) is 6.71. The monoisotopic (exact) mass is 354 g/mol. The van der Waals surface area contributed by atoms with Gasteiger partial charge >= 0.3 is 0 Å². The second-order valence-corrected chi connectivity index (χ2v) is 6.71. The Morgan fingerprint density at radius 3 is 2.46 bits per heavy atom. The minimum absolute atomic E-state index is 0.463. The second kappa shape index (κ2) is 7.33. The van der Waals surface area contributed by atoms with Crippen molar-refractivity contribution in [1.29, 1.82) is 0 Å². The highest BCUT2D eigenvalue weighted by atomic mass is 19.2. The van der Waals surface area contributed by atoms with Gasteiger partial charge in [-0.05, 0) is 49.5 Å². The van der Waals surface area contributed by atoms with Gasteiger partial charge in [0.15, 0.2) is 11.6 Å². The Balaban J connectivity index is 1.37. The Kier molecular flexibility index (Phi) is 4.75. The summed E-state index contributed by atoms with van der Waals surface area (Å²) in [6.07, 6.45) is 4.03. The fourth-order valence-electron chi connectivity index (χ4n) is 3.50. The van der Waals surface area contributed by atoms with Crippen molar-refractivity contribution in [3.05, 3.63) is 77.6 Å². The van der Waals surface area contributed by atoms with Gasteiger partial charge in [-0.25, -0.2) is 13.5 Å². The van der Waals surface area contributed by atoms with Gasteiger partial charge in [-0.3, -0.25) is 4.90 Å². The maximum atomic E-state index is 13.4. The van der Waals surface area contributed by atoms with Gasteiger partial charge < -0.3 is 0 Å². The molecule has 1 aliphatic heterocycles. The zero-order valence-electron chi connectivity index (χ0n) is 14.4. The van der Waals surface area contributed by atoms with Crippen molar-refractivity contribution in [2.45, 2.75) is 25.3 Å². The van der Waals surface area contributed by atoms with Crippen LogP contribution in [0.25, 0.3) is 5.69 Å². The normalized spacial score (nSPS) is 16.1. The van der Waals surface area contributed by atoms with E-state index in [9.17, 15) is 8.78 Å². The van der Waals surface area contributed by atoms with Crippen molar-refractivity contribution in [2.75, 3.05) is 13.1 Å². The van der Waals surface area contributed by atoms with Crippen molar-refractivity contribution >= 4 is 0 Å². The first-order valence-corrected chi connectivity index (χ1v) is 8.83. The molecule has 0 saturated carbocycles. The molecule has 0 aliphatic carbocycles. The highest BCUT2D eigenvalue weighted by Gasteiger charge is 2.21. The Hall–Kier alpha value is -2.60. The highest BCUT2D eigenvalue weighted by molar-refractivity contribution is 5.31. The van der Waals surface area contributed by atoms with E-state index in [1.54, 1.807) is 6.20 Å². The molecule has 134 valence electrons. The fraction of sp³-hybridized carbons (Fsp3) is 0.300. The number of likely N-dealkylation sites (tertiary alicyclic amines) is 1. The maximum Gasteiger partial charge on any atom is 0.160 e. The number of aromatic nitrogens is 3. The van der Waals surface area contributed by atoms with Gasteiger partial charge in [0.2, 0.25) is 0 Å². The number of piperidine rings is 1. The first-order chi connectivity index (χ1) is 12.7. The summed E-state index contributed by atoms with van der Waals surface area (Å²) >= 11 is 0. The van der Waals surface area contributed by atoms with Crippen LogP contribution in [0.3, 0.4) is 0 Å². The van der Waals surface area contributed by atoms with Crippen molar-refractivity contribution < 1.29 is 8.78 Å². The SMILES string of the molecule is Fc1ccc(-n2cc(CN3CCC(c4ccccc4)CC3)nn2)cc1F. The summed E-state index contributed by atoms with van der Waals surface area (Å²) in [5.74, 6) is -1.14. The average molecular weight is 354 g/mol. The van der Waals surface area contributed by atoms with E-state index < -0.39 is 11.6 Å². The first kappa shape index (κ1) is 16.8. The smallest absolute Gasteiger partial charge is 0.160 e. The van der Waals surface area contributed by atoms with E-state index in [1.807, 2.05) is 0 Å². The van der Waals surface area contributed by atoms with E-state index in [0.29, 0.717) is 18.2 Å². The zero-order valence-corrected chi connectivity index (χ0v) is 14.4. The Labute approximate surface area is 151 Å². The molecular formula is C20H20F2N4. The van der Waals surface area contributed by atoms with Crippen LogP contribution in [-0.4, -0.2) is 33.0 Å². The van der Waals surface area contributed by atoms with E-state index in [-0.39, 0.29) is 0 Å². The molecule has 3 aromatic rings. The largest absolute Gasteiger partial charge is 0.297 e. The lowest BCUT2D eigenvalue weighted by molar-refractivity contribution is 0.202. The van der Waals surface area contributed by atoms with Gasteiger partial charge in [0.25, 0.3) is 0 Å². The van der Waals surface area contributed by atoms with Gasteiger partial charge in [0, 0.05) is 12.6 Å². The Morgan fingerprint density at radius 1 is 0.962 bits per heavy atom. The van der Waals surface area contributed by atoms with Crippen molar-refractivity contribution in [1.82, 2.24) is 19.9 Å². The van der Waals surface area contributed by atoms with E-state index in [2.05, 4.69) is 45.5 Å². The molecule has 0 N–H and O–H groups in total. The summed E-state index contributed by atoms with van der Waals surface area (Å²) in [6, 6.07) is 14.4. The molecule has 0 spiro atoms. The van der Waals surface area contributed by atoms with Crippen LogP contribution in [0.15, 0.2) is 54.7 Å². The number of benzene rings is 2. The highest BCUT2D eigenvalue weighted by Crippen LogP contribution is 2.28. The topological polar surface area (TPSA) is 34.0 Å². The molecule has 1 aliphatic rings. The minimum Gasteiger partial charge on any atom is -0.297 e. The predicted molar refractivity (Wildman–Crippen MR) is 95.0 cm³/mol. The minimum atomic E-state index is -0.887. The summed E-state index contributed by atoms with van der Waals surface area (Å²) in [6.45, 7) is 2.74. The fourth-order valence-corrected chi connectivity index (χ4v) is 3.50. The molecule has 1 fully saturated rings. The number of hydrogen-bond acceptors (Lipinski definition) is 3. The lowest BCUT2D eigenvalue weighted by Crippen LogP contribution is -2.32. The molecule has 0 bridgehead atoms. The van der Waals surface area contributed by atoms with Crippen LogP contribution in [0.2, 0.25) is 0 Å². The number of halogens is 2. The summed E-state index contributed by atoms with van der Waals surface area (Å²) in [4.78, 5) is 2.36. The van der Waals surface area contributed by atoms with Gasteiger partial charge in [-0.2, -0.15) is 0 Å². The zero-order chi connectivity index (χ0) is 17.9. The summed E-state index contributed by atoms with van der Waals surface area (Å²) in [5.41, 5.74) is 2.70. The van der Waals surface area contributed by atoms with Crippen LogP contribution in [0.5, 0.6) is 0 Å². The van der Waals surface area contributed by atoms with E-state index in [0.717, 1.165) is 43.8 Å². The third-order valence-electron chi connectivity index (χ3n) is 4.95. The van der Waals surface area contributed by atoms with Crippen LogP contribution in [0, 0.1) is 11.6 Å². The molecule has 2 heterocycles. The van der Waals surface area contributed by atoms with E-state index in [1.165, 1.54) is 16.3 Å². The molecule has 4 nitrogen and oxygen atoms in total. The molecule has 1 aromatic heterocycles. The Bertz CT molecular complexity index is 871. The molecule has 4 rings (SSSR count). The molecule has 0 atom stereocenters. The van der Waals surface area contributed by atoms with Crippen LogP contribution >= 0.6 is 0 Å². The van der Waals surface area contributed by atoms with E-state index in [4.69, 9.17) is 0 Å². The number of rotatable bonds is 4. The van der Waals surface area contributed by atoms with Crippen LogP contribution in [-0.2, 0) is 6.54 Å². The molecule has 0 radical (unpaired) electrons. The molecule has 26 heavy (non-hydrogen) atoms. The lowest BCUT2D eigenvalue weighted by Gasteiger charge is -2.31. The van der Waals surface area contributed by atoms with Gasteiger partial charge in [-0.1, -0.05) is 35.5 Å². The predicted octanol–water partition coefficient (Wildman–Crippen LogP) is 3.93. The van der Waals surface area contributed by atoms with Crippen LogP contribution < -0.4 is 0 Å². The van der Waals surface area contributed by atoms with E-state index >= 15 is 0 Å². The summed E-state index contributed by atoms with van der Waals surface area (Å²) in [5, 5.41) is 8.21. The Morgan fingerprint density at radius 2 is 1.73 bits per heavy atom. The quantitative estimate of drug-likeness (QED) is 0.712. The number of nitrogens with zero attached hydrogens (tertiary/aromatic N) is 4.